The monoisotopic (exact) mass is 469 g/mol. The first-order valence-electron chi connectivity index (χ1n) is 12.0. The first-order chi connectivity index (χ1) is 17.2. The molecule has 35 heavy (non-hydrogen) atoms. The number of carbonyl (C=O) groups excluding carboxylic acids is 1. The van der Waals surface area contributed by atoms with Gasteiger partial charge in [-0.15, -0.1) is 0 Å². The molecule has 1 aliphatic carbocycles. The number of carbonyl (C=O) groups is 1. The van der Waals surface area contributed by atoms with E-state index >= 15 is 0 Å². The predicted octanol–water partition coefficient (Wildman–Crippen LogP) is 3.68. The van der Waals surface area contributed by atoms with Gasteiger partial charge < -0.3 is 21.1 Å². The van der Waals surface area contributed by atoms with Gasteiger partial charge in [0, 0.05) is 12.1 Å². The fraction of sp³-hybridized carbons (Fsp3) is 0.308. The van der Waals surface area contributed by atoms with Crippen molar-refractivity contribution in [3.8, 4) is 17.0 Å². The molecule has 9 heteroatoms. The number of fused-ring (bicyclic) bond motifs is 2. The van der Waals surface area contributed by atoms with E-state index in [0.717, 1.165) is 46.4 Å². The van der Waals surface area contributed by atoms with Gasteiger partial charge in [0.15, 0.2) is 11.8 Å². The molecule has 2 aromatic heterocycles. The van der Waals surface area contributed by atoms with Gasteiger partial charge in [-0.05, 0) is 30.5 Å². The number of hydrogen-bond donors (Lipinski definition) is 3. The van der Waals surface area contributed by atoms with E-state index in [2.05, 4.69) is 20.6 Å². The van der Waals surface area contributed by atoms with Crippen molar-refractivity contribution in [2.45, 2.75) is 44.4 Å². The quantitative estimate of drug-likeness (QED) is 0.408. The number of amides is 1. The maximum Gasteiger partial charge on any atom is 0.263 e. The minimum absolute atomic E-state index is 0.151. The number of nitrogens with zero attached hydrogens (tertiary/aromatic N) is 4. The summed E-state index contributed by atoms with van der Waals surface area (Å²) in [5.41, 5.74) is 10.7. The molecule has 4 N–H and O–H groups in total. The molecule has 0 spiro atoms. The van der Waals surface area contributed by atoms with Gasteiger partial charge in [0.05, 0.1) is 23.7 Å². The van der Waals surface area contributed by atoms with Gasteiger partial charge in [-0.25, -0.2) is 14.6 Å². The Hall–Kier alpha value is -4.14. The number of aromatic nitrogens is 4. The standard InChI is InChI=1S/C26H27N7O2/c27-24-22-23(32-33(18-5-1-2-6-18)25(22)31-15-30-24)17-11-9-16(10-12-17)13-29-26(34)21-14-28-19-7-3-4-8-20(19)35-21/h3-4,7-12,15,18,21,28H,1-2,5-6,13-14H2,(H,29,34)(H2,27,30,31). The molecule has 0 saturated heterocycles. The van der Waals surface area contributed by atoms with E-state index in [9.17, 15) is 4.79 Å². The van der Waals surface area contributed by atoms with Crippen molar-refractivity contribution in [3.05, 3.63) is 60.4 Å². The predicted molar refractivity (Wildman–Crippen MR) is 134 cm³/mol. The molecule has 6 rings (SSSR count). The maximum atomic E-state index is 12.7. The van der Waals surface area contributed by atoms with Crippen molar-refractivity contribution in [1.29, 1.82) is 0 Å². The average molecular weight is 470 g/mol. The summed E-state index contributed by atoms with van der Waals surface area (Å²) in [6.45, 7) is 0.838. The van der Waals surface area contributed by atoms with Crippen LogP contribution in [0, 0.1) is 0 Å². The van der Waals surface area contributed by atoms with Crippen LogP contribution in [-0.2, 0) is 11.3 Å². The van der Waals surface area contributed by atoms with Crippen molar-refractivity contribution in [3.63, 3.8) is 0 Å². The van der Waals surface area contributed by atoms with Gasteiger partial charge in [0.2, 0.25) is 0 Å². The van der Waals surface area contributed by atoms with E-state index < -0.39 is 6.10 Å². The molecule has 1 aliphatic heterocycles. The highest BCUT2D eigenvalue weighted by atomic mass is 16.5. The molecule has 1 saturated carbocycles. The zero-order valence-corrected chi connectivity index (χ0v) is 19.3. The number of anilines is 2. The van der Waals surface area contributed by atoms with Crippen LogP contribution in [-0.4, -0.2) is 38.3 Å². The minimum atomic E-state index is -0.571. The summed E-state index contributed by atoms with van der Waals surface area (Å²) in [7, 11) is 0. The molecule has 0 bridgehead atoms. The zero-order chi connectivity index (χ0) is 23.8. The highest BCUT2D eigenvalue weighted by Gasteiger charge is 2.26. The third kappa shape index (κ3) is 4.03. The van der Waals surface area contributed by atoms with E-state index in [-0.39, 0.29) is 5.91 Å². The lowest BCUT2D eigenvalue weighted by Crippen LogP contribution is -2.44. The van der Waals surface area contributed by atoms with E-state index in [1.807, 2.05) is 53.2 Å². The lowest BCUT2D eigenvalue weighted by atomic mass is 10.1. The van der Waals surface area contributed by atoms with Gasteiger partial charge in [-0.3, -0.25) is 4.79 Å². The van der Waals surface area contributed by atoms with Crippen molar-refractivity contribution in [2.75, 3.05) is 17.6 Å². The number of rotatable bonds is 5. The van der Waals surface area contributed by atoms with Crippen LogP contribution in [0.15, 0.2) is 54.9 Å². The lowest BCUT2D eigenvalue weighted by molar-refractivity contribution is -0.127. The van der Waals surface area contributed by atoms with Crippen molar-refractivity contribution in [2.24, 2.45) is 0 Å². The Morgan fingerprint density at radius 3 is 2.74 bits per heavy atom. The van der Waals surface area contributed by atoms with Gasteiger partial charge in [0.25, 0.3) is 5.91 Å². The molecule has 178 valence electrons. The number of ether oxygens (including phenoxy) is 1. The second kappa shape index (κ2) is 8.90. The smallest absolute Gasteiger partial charge is 0.263 e. The zero-order valence-electron chi connectivity index (χ0n) is 19.3. The Bertz CT molecular complexity index is 1380. The Morgan fingerprint density at radius 2 is 1.91 bits per heavy atom. The lowest BCUT2D eigenvalue weighted by Gasteiger charge is -2.26. The van der Waals surface area contributed by atoms with Crippen LogP contribution in [0.5, 0.6) is 5.75 Å². The number of nitrogen functional groups attached to an aromatic ring is 1. The molecule has 2 aliphatic rings. The molecule has 9 nitrogen and oxygen atoms in total. The summed E-state index contributed by atoms with van der Waals surface area (Å²) in [5.74, 6) is 0.978. The van der Waals surface area contributed by atoms with Crippen molar-refractivity contribution >= 4 is 28.4 Å². The van der Waals surface area contributed by atoms with Crippen molar-refractivity contribution < 1.29 is 9.53 Å². The Morgan fingerprint density at radius 1 is 1.11 bits per heavy atom. The van der Waals surface area contributed by atoms with Crippen LogP contribution >= 0.6 is 0 Å². The Kier molecular flexibility index (Phi) is 5.44. The normalized spacial score (nSPS) is 17.5. The van der Waals surface area contributed by atoms with E-state index in [4.69, 9.17) is 15.6 Å². The van der Waals surface area contributed by atoms with E-state index in [0.29, 0.717) is 30.7 Å². The molecule has 0 radical (unpaired) electrons. The first-order valence-corrected chi connectivity index (χ1v) is 12.0. The topological polar surface area (TPSA) is 120 Å². The SMILES string of the molecule is Nc1ncnc2c1c(-c1ccc(CNC(=O)C3CNc4ccccc4O3)cc1)nn2C1CCCC1. The number of benzene rings is 2. The van der Waals surface area contributed by atoms with Crippen LogP contribution < -0.4 is 21.1 Å². The van der Waals surface area contributed by atoms with Crippen LogP contribution in [0.1, 0.15) is 37.3 Å². The van der Waals surface area contributed by atoms with E-state index in [1.165, 1.54) is 19.2 Å². The fourth-order valence-corrected chi connectivity index (χ4v) is 4.94. The molecular formula is C26H27N7O2. The molecule has 1 fully saturated rings. The molecule has 4 aromatic rings. The number of nitrogens with one attached hydrogen (secondary N) is 2. The molecule has 3 heterocycles. The summed E-state index contributed by atoms with van der Waals surface area (Å²) in [6.07, 6.45) is 5.55. The highest BCUT2D eigenvalue weighted by Crippen LogP contribution is 2.36. The molecule has 1 atom stereocenters. The van der Waals surface area contributed by atoms with Crippen LogP contribution in [0.3, 0.4) is 0 Å². The second-order valence-corrected chi connectivity index (χ2v) is 9.09. The average Bonchev–Trinajstić information content (AvgIpc) is 3.56. The fourth-order valence-electron chi connectivity index (χ4n) is 4.94. The molecule has 1 amide bonds. The minimum Gasteiger partial charge on any atom is -0.477 e. The van der Waals surface area contributed by atoms with Gasteiger partial charge in [0.1, 0.15) is 23.6 Å². The van der Waals surface area contributed by atoms with Gasteiger partial charge >= 0.3 is 0 Å². The maximum absolute atomic E-state index is 12.7. The molecule has 2 aromatic carbocycles. The summed E-state index contributed by atoms with van der Waals surface area (Å²) in [5, 5.41) is 11.9. The van der Waals surface area contributed by atoms with Crippen LogP contribution in [0.4, 0.5) is 11.5 Å². The summed E-state index contributed by atoms with van der Waals surface area (Å²) in [4.78, 5) is 21.4. The second-order valence-electron chi connectivity index (χ2n) is 9.09. The summed E-state index contributed by atoms with van der Waals surface area (Å²) < 4.78 is 7.87. The Balaban J connectivity index is 1.18. The molecular weight excluding hydrogens is 442 g/mol. The van der Waals surface area contributed by atoms with E-state index in [1.54, 1.807) is 0 Å². The largest absolute Gasteiger partial charge is 0.477 e. The summed E-state index contributed by atoms with van der Waals surface area (Å²) in [6, 6.07) is 16.0. The van der Waals surface area contributed by atoms with Gasteiger partial charge in [-0.1, -0.05) is 49.2 Å². The van der Waals surface area contributed by atoms with Crippen LogP contribution in [0.25, 0.3) is 22.3 Å². The van der Waals surface area contributed by atoms with Crippen LogP contribution in [0.2, 0.25) is 0 Å². The molecule has 1 unspecified atom stereocenters. The number of para-hydroxylation sites is 2. The summed E-state index contributed by atoms with van der Waals surface area (Å²) >= 11 is 0. The van der Waals surface area contributed by atoms with Gasteiger partial charge in [-0.2, -0.15) is 5.10 Å². The number of hydrogen-bond acceptors (Lipinski definition) is 7. The third-order valence-corrected chi connectivity index (χ3v) is 6.81. The Labute approximate surface area is 202 Å². The van der Waals surface area contributed by atoms with Crippen molar-refractivity contribution in [1.82, 2.24) is 25.1 Å². The highest BCUT2D eigenvalue weighted by molar-refractivity contribution is 5.98. The number of nitrogens with two attached hydrogens (primary N) is 1. The third-order valence-electron chi connectivity index (χ3n) is 6.81. The first kappa shape index (κ1) is 21.4.